The molecule has 2 fully saturated rings. The third-order valence-corrected chi connectivity index (χ3v) is 5.26. The molecule has 1 aromatic carbocycles. The van der Waals surface area contributed by atoms with E-state index in [-0.39, 0.29) is 36.9 Å². The van der Waals surface area contributed by atoms with Crippen molar-refractivity contribution in [3.8, 4) is 11.5 Å². The molecule has 1 heterocycles. The molecule has 7 heteroatoms. The van der Waals surface area contributed by atoms with Crippen LogP contribution in [0, 0.1) is 11.8 Å². The van der Waals surface area contributed by atoms with Crippen molar-refractivity contribution in [1.82, 2.24) is 4.90 Å². The Labute approximate surface area is 158 Å². The number of methoxy groups -OCH3 is 1. The van der Waals surface area contributed by atoms with Gasteiger partial charge in [0.2, 0.25) is 11.8 Å². The highest BCUT2D eigenvalue weighted by molar-refractivity contribution is 6.07. The molecule has 0 bridgehead atoms. The third kappa shape index (κ3) is 4.07. The molecule has 0 unspecified atom stereocenters. The van der Waals surface area contributed by atoms with Crippen LogP contribution in [-0.2, 0) is 19.1 Å². The lowest BCUT2D eigenvalue weighted by molar-refractivity contribution is -0.158. The van der Waals surface area contributed by atoms with E-state index in [1.165, 1.54) is 0 Å². The highest BCUT2D eigenvalue weighted by atomic mass is 16.6. The van der Waals surface area contributed by atoms with E-state index in [0.717, 1.165) is 36.3 Å². The Morgan fingerprint density at radius 3 is 2.15 bits per heavy atom. The average molecular weight is 375 g/mol. The Morgan fingerprint density at radius 1 is 1.04 bits per heavy atom. The molecule has 146 valence electrons. The predicted molar refractivity (Wildman–Crippen MR) is 96.2 cm³/mol. The van der Waals surface area contributed by atoms with Crippen LogP contribution in [0.3, 0.4) is 0 Å². The lowest BCUT2D eigenvalue weighted by atomic mass is 9.81. The van der Waals surface area contributed by atoms with Gasteiger partial charge in [0.15, 0.2) is 0 Å². The van der Waals surface area contributed by atoms with Crippen LogP contribution in [-0.4, -0.2) is 49.0 Å². The summed E-state index contributed by atoms with van der Waals surface area (Å²) < 4.78 is 15.8. The van der Waals surface area contributed by atoms with Gasteiger partial charge in [0.05, 0.1) is 18.9 Å². The lowest BCUT2D eigenvalue weighted by Crippen LogP contribution is -2.44. The summed E-state index contributed by atoms with van der Waals surface area (Å²) >= 11 is 0. The van der Waals surface area contributed by atoms with Crippen molar-refractivity contribution in [2.75, 3.05) is 20.3 Å². The zero-order valence-electron chi connectivity index (χ0n) is 15.7. The van der Waals surface area contributed by atoms with E-state index in [9.17, 15) is 14.4 Å². The lowest BCUT2D eigenvalue weighted by Gasteiger charge is -2.21. The number of carbonyl (C=O) groups excluding carboxylic acids is 3. The fraction of sp³-hybridized carbons (Fsp3) is 0.550. The van der Waals surface area contributed by atoms with Crippen molar-refractivity contribution >= 4 is 17.8 Å². The molecule has 3 atom stereocenters. The van der Waals surface area contributed by atoms with Gasteiger partial charge in [-0.05, 0) is 44.0 Å². The highest BCUT2D eigenvalue weighted by Gasteiger charge is 2.51. The SMILES string of the molecule is COc1ccc(OCCOC(=O)[C@H](C)N2C(=O)[C@@H]3CCCC[C@H]3C2=O)cc1. The summed E-state index contributed by atoms with van der Waals surface area (Å²) in [5, 5.41) is 0. The Balaban J connectivity index is 1.47. The Hall–Kier alpha value is -2.57. The van der Waals surface area contributed by atoms with Crippen LogP contribution in [0.4, 0.5) is 0 Å². The molecule has 0 spiro atoms. The monoisotopic (exact) mass is 375 g/mol. The number of hydrogen-bond donors (Lipinski definition) is 0. The van der Waals surface area contributed by atoms with Gasteiger partial charge in [-0.25, -0.2) is 4.79 Å². The maximum atomic E-state index is 12.5. The van der Waals surface area contributed by atoms with Crippen LogP contribution in [0.15, 0.2) is 24.3 Å². The van der Waals surface area contributed by atoms with Crippen molar-refractivity contribution in [2.24, 2.45) is 11.8 Å². The molecule has 1 saturated heterocycles. The molecule has 0 radical (unpaired) electrons. The number of nitrogens with zero attached hydrogens (tertiary/aromatic N) is 1. The topological polar surface area (TPSA) is 82.1 Å². The molecule has 1 aliphatic carbocycles. The van der Waals surface area contributed by atoms with Gasteiger partial charge in [0.1, 0.15) is 30.8 Å². The molecule has 2 aliphatic rings. The van der Waals surface area contributed by atoms with Crippen LogP contribution >= 0.6 is 0 Å². The van der Waals surface area contributed by atoms with Gasteiger partial charge in [0.25, 0.3) is 0 Å². The Kier molecular flexibility index (Phi) is 5.98. The first kappa shape index (κ1) is 19.2. The molecule has 3 rings (SSSR count). The smallest absolute Gasteiger partial charge is 0.329 e. The standard InChI is InChI=1S/C20H25NO6/c1-13(21-18(22)16-5-3-4-6-17(16)19(21)23)20(24)27-12-11-26-15-9-7-14(25-2)8-10-15/h7-10,13,16-17H,3-6,11-12H2,1-2H3/t13-,16+,17+/m0/s1. The second-order valence-corrected chi connectivity index (χ2v) is 6.91. The molecule has 2 amide bonds. The van der Waals surface area contributed by atoms with E-state index in [0.29, 0.717) is 5.75 Å². The molecule has 27 heavy (non-hydrogen) atoms. The van der Waals surface area contributed by atoms with Gasteiger partial charge in [-0.2, -0.15) is 0 Å². The van der Waals surface area contributed by atoms with Gasteiger partial charge in [-0.15, -0.1) is 0 Å². The first-order valence-electron chi connectivity index (χ1n) is 9.33. The number of amides is 2. The largest absolute Gasteiger partial charge is 0.497 e. The minimum Gasteiger partial charge on any atom is -0.497 e. The normalized spacial score (nSPS) is 23.0. The molecular weight excluding hydrogens is 350 g/mol. The molecule has 1 saturated carbocycles. The Bertz CT molecular complexity index is 677. The van der Waals surface area contributed by atoms with Crippen molar-refractivity contribution in [3.63, 3.8) is 0 Å². The average Bonchev–Trinajstić information content (AvgIpc) is 2.95. The summed E-state index contributed by atoms with van der Waals surface area (Å²) in [4.78, 5) is 38.4. The molecule has 0 aromatic heterocycles. The van der Waals surface area contributed by atoms with Gasteiger partial charge in [0, 0.05) is 0 Å². The van der Waals surface area contributed by atoms with Gasteiger partial charge >= 0.3 is 5.97 Å². The van der Waals surface area contributed by atoms with Crippen LogP contribution in [0.25, 0.3) is 0 Å². The van der Waals surface area contributed by atoms with Crippen LogP contribution in [0.5, 0.6) is 11.5 Å². The number of likely N-dealkylation sites (tertiary alicyclic amines) is 1. The maximum Gasteiger partial charge on any atom is 0.329 e. The fourth-order valence-corrected chi connectivity index (χ4v) is 3.77. The molecular formula is C20H25NO6. The maximum absolute atomic E-state index is 12.5. The molecule has 7 nitrogen and oxygen atoms in total. The summed E-state index contributed by atoms with van der Waals surface area (Å²) in [5.74, 6) is -0.224. The minimum atomic E-state index is -0.906. The number of imide groups is 1. The number of esters is 1. The number of ether oxygens (including phenoxy) is 3. The predicted octanol–water partition coefficient (Wildman–Crippen LogP) is 2.18. The first-order chi connectivity index (χ1) is 13.0. The summed E-state index contributed by atoms with van der Waals surface area (Å²) in [6.07, 6.45) is 3.36. The van der Waals surface area contributed by atoms with Crippen molar-refractivity contribution in [3.05, 3.63) is 24.3 Å². The van der Waals surface area contributed by atoms with Crippen molar-refractivity contribution < 1.29 is 28.6 Å². The molecule has 1 aromatic rings. The summed E-state index contributed by atoms with van der Waals surface area (Å²) in [7, 11) is 1.58. The third-order valence-electron chi connectivity index (χ3n) is 5.26. The van der Waals surface area contributed by atoms with E-state index in [4.69, 9.17) is 14.2 Å². The summed E-state index contributed by atoms with van der Waals surface area (Å²) in [5.41, 5.74) is 0. The van der Waals surface area contributed by atoms with Gasteiger partial charge in [-0.3, -0.25) is 14.5 Å². The van der Waals surface area contributed by atoms with Gasteiger partial charge < -0.3 is 14.2 Å². The van der Waals surface area contributed by atoms with Crippen LogP contribution in [0.1, 0.15) is 32.6 Å². The zero-order valence-corrected chi connectivity index (χ0v) is 15.7. The first-order valence-corrected chi connectivity index (χ1v) is 9.33. The van der Waals surface area contributed by atoms with Crippen LogP contribution in [0.2, 0.25) is 0 Å². The number of fused-ring (bicyclic) bond motifs is 1. The van der Waals surface area contributed by atoms with E-state index in [1.54, 1.807) is 38.3 Å². The number of hydrogen-bond acceptors (Lipinski definition) is 6. The molecule has 1 aliphatic heterocycles. The number of rotatable bonds is 7. The summed E-state index contributed by atoms with van der Waals surface area (Å²) in [6, 6.07) is 6.15. The molecule has 0 N–H and O–H groups in total. The summed E-state index contributed by atoms with van der Waals surface area (Å²) in [6.45, 7) is 1.76. The highest BCUT2D eigenvalue weighted by Crippen LogP contribution is 2.38. The Morgan fingerprint density at radius 2 is 1.59 bits per heavy atom. The van der Waals surface area contributed by atoms with Crippen molar-refractivity contribution in [1.29, 1.82) is 0 Å². The fourth-order valence-electron chi connectivity index (χ4n) is 3.77. The zero-order chi connectivity index (χ0) is 19.4. The second-order valence-electron chi connectivity index (χ2n) is 6.91. The van der Waals surface area contributed by atoms with Gasteiger partial charge in [-0.1, -0.05) is 12.8 Å². The number of benzene rings is 1. The van der Waals surface area contributed by atoms with Crippen LogP contribution < -0.4 is 9.47 Å². The van der Waals surface area contributed by atoms with E-state index in [1.807, 2.05) is 0 Å². The van der Waals surface area contributed by atoms with E-state index in [2.05, 4.69) is 0 Å². The second kappa shape index (κ2) is 8.41. The van der Waals surface area contributed by atoms with E-state index >= 15 is 0 Å². The minimum absolute atomic E-state index is 0.0400. The van der Waals surface area contributed by atoms with E-state index < -0.39 is 12.0 Å². The van der Waals surface area contributed by atoms with Crippen molar-refractivity contribution in [2.45, 2.75) is 38.6 Å². The number of carbonyl (C=O) groups is 3. The quantitative estimate of drug-likeness (QED) is 0.413.